The van der Waals surface area contributed by atoms with E-state index in [1.165, 1.54) is 10.1 Å². The maximum absolute atomic E-state index is 13.4. The largest absolute Gasteiger partial charge is 0.380 e. The third kappa shape index (κ3) is 3.70. The van der Waals surface area contributed by atoms with E-state index in [1.807, 2.05) is 37.3 Å². The van der Waals surface area contributed by atoms with E-state index in [0.29, 0.717) is 41.8 Å². The molecule has 148 valence electrons. The Bertz CT molecular complexity index is 1180. The normalized spacial score (nSPS) is 17.0. The highest BCUT2D eigenvalue weighted by Crippen LogP contribution is 2.26. The molecule has 1 aliphatic carbocycles. The van der Waals surface area contributed by atoms with Crippen molar-refractivity contribution in [2.24, 2.45) is 0 Å². The van der Waals surface area contributed by atoms with Gasteiger partial charge in [0.15, 0.2) is 5.78 Å². The molecule has 6 nitrogen and oxygen atoms in total. The Morgan fingerprint density at radius 1 is 1.10 bits per heavy atom. The summed E-state index contributed by atoms with van der Waals surface area (Å²) in [4.78, 5) is 42.0. The fourth-order valence-corrected chi connectivity index (χ4v) is 4.02. The van der Waals surface area contributed by atoms with E-state index >= 15 is 0 Å². The highest BCUT2D eigenvalue weighted by molar-refractivity contribution is 6.03. The molecule has 29 heavy (non-hydrogen) atoms. The van der Waals surface area contributed by atoms with Gasteiger partial charge in [0.05, 0.1) is 23.4 Å². The van der Waals surface area contributed by atoms with Crippen molar-refractivity contribution in [1.29, 1.82) is 0 Å². The van der Waals surface area contributed by atoms with Crippen molar-refractivity contribution in [3.05, 3.63) is 69.8 Å². The number of ketones is 2. The first kappa shape index (κ1) is 19.1. The molecule has 1 saturated carbocycles. The smallest absolute Gasteiger partial charge is 0.264 e. The number of hydrogen-bond donors (Lipinski definition) is 1. The van der Waals surface area contributed by atoms with Crippen molar-refractivity contribution in [3.8, 4) is 0 Å². The lowest BCUT2D eigenvalue weighted by atomic mass is 9.92. The van der Waals surface area contributed by atoms with E-state index in [9.17, 15) is 14.4 Å². The van der Waals surface area contributed by atoms with Crippen LogP contribution >= 0.6 is 0 Å². The van der Waals surface area contributed by atoms with E-state index in [2.05, 4.69) is 16.4 Å². The van der Waals surface area contributed by atoms with Gasteiger partial charge in [-0.05, 0) is 38.0 Å². The van der Waals surface area contributed by atoms with Gasteiger partial charge in [0.1, 0.15) is 11.6 Å². The molecule has 4 rings (SSSR count). The topological polar surface area (TPSA) is 81.1 Å². The molecule has 3 aromatic rings. The molecule has 0 amide bonds. The van der Waals surface area contributed by atoms with Gasteiger partial charge in [0.25, 0.3) is 5.56 Å². The highest BCUT2D eigenvalue weighted by atomic mass is 16.2. The third-order valence-electron chi connectivity index (χ3n) is 5.42. The molecule has 1 N–H and O–H groups in total. The van der Waals surface area contributed by atoms with Gasteiger partial charge >= 0.3 is 0 Å². The molecule has 2 aromatic carbocycles. The third-order valence-corrected chi connectivity index (χ3v) is 5.42. The fraction of sp³-hybridized carbons (Fsp3) is 0.304. The minimum absolute atomic E-state index is 0.0637. The Balaban J connectivity index is 1.76. The number of fused-ring (bicyclic) bond motifs is 1. The molecule has 0 bridgehead atoms. The van der Waals surface area contributed by atoms with E-state index in [0.717, 1.165) is 5.56 Å². The zero-order valence-electron chi connectivity index (χ0n) is 16.6. The number of carbonyl (C=O) groups excluding carboxylic acids is 2. The Kier molecular flexibility index (Phi) is 5.01. The first-order valence-corrected chi connectivity index (χ1v) is 9.80. The maximum Gasteiger partial charge on any atom is 0.264 e. The number of aryl methyl sites for hydroxylation is 2. The van der Waals surface area contributed by atoms with Crippen molar-refractivity contribution in [2.75, 3.05) is 5.32 Å². The van der Waals surface area contributed by atoms with Crippen molar-refractivity contribution in [1.82, 2.24) is 9.55 Å². The van der Waals surface area contributed by atoms with Crippen LogP contribution < -0.4 is 10.9 Å². The van der Waals surface area contributed by atoms with Gasteiger partial charge in [-0.2, -0.15) is 0 Å². The Labute approximate surface area is 168 Å². The molecule has 0 aliphatic heterocycles. The molecule has 1 heterocycles. The summed E-state index contributed by atoms with van der Waals surface area (Å²) in [5.74, 6) is 0.218. The van der Waals surface area contributed by atoms with Gasteiger partial charge in [-0.25, -0.2) is 4.98 Å². The second-order valence-corrected chi connectivity index (χ2v) is 7.61. The minimum Gasteiger partial charge on any atom is -0.380 e. The van der Waals surface area contributed by atoms with Crippen molar-refractivity contribution >= 4 is 28.2 Å². The van der Waals surface area contributed by atoms with Crippen LogP contribution in [-0.2, 0) is 16.1 Å². The Morgan fingerprint density at radius 3 is 2.66 bits per heavy atom. The lowest BCUT2D eigenvalue weighted by Gasteiger charge is -2.24. The second kappa shape index (κ2) is 7.62. The van der Waals surface area contributed by atoms with Crippen molar-refractivity contribution < 1.29 is 9.59 Å². The van der Waals surface area contributed by atoms with Crippen LogP contribution in [0.3, 0.4) is 0 Å². The van der Waals surface area contributed by atoms with E-state index in [-0.39, 0.29) is 23.5 Å². The first-order valence-electron chi connectivity index (χ1n) is 9.80. The lowest BCUT2D eigenvalue weighted by molar-refractivity contribution is -0.132. The molecule has 1 aliphatic rings. The monoisotopic (exact) mass is 389 g/mol. The summed E-state index contributed by atoms with van der Waals surface area (Å²) >= 11 is 0. The zero-order chi connectivity index (χ0) is 20.5. The summed E-state index contributed by atoms with van der Waals surface area (Å²) in [6, 6.07) is 13.1. The van der Waals surface area contributed by atoms with E-state index in [1.54, 1.807) is 13.0 Å². The summed E-state index contributed by atoms with van der Waals surface area (Å²) < 4.78 is 1.47. The van der Waals surface area contributed by atoms with E-state index in [4.69, 9.17) is 0 Å². The predicted octanol–water partition coefficient (Wildman–Crippen LogP) is 3.49. The van der Waals surface area contributed by atoms with Gasteiger partial charge in [0, 0.05) is 18.7 Å². The SMILES string of the molecule is Cc1cccc(CNc2cccc3nc(C)n(C4CCC(=O)CC4=O)c(=O)c23)c1. The number of benzene rings is 2. The molecule has 0 radical (unpaired) electrons. The van der Waals surface area contributed by atoms with Gasteiger partial charge in [-0.15, -0.1) is 0 Å². The van der Waals surface area contributed by atoms with Crippen LogP contribution in [0.25, 0.3) is 10.9 Å². The Hall–Kier alpha value is -3.28. The summed E-state index contributed by atoms with van der Waals surface area (Å²) in [6.45, 7) is 4.35. The number of Topliss-reactive ketones (excluding diaryl/α,β-unsaturated/α-hetero) is 2. The summed E-state index contributed by atoms with van der Waals surface area (Å²) in [5.41, 5.74) is 3.33. The van der Waals surface area contributed by atoms with Crippen LogP contribution in [0.1, 0.15) is 42.3 Å². The number of carbonyl (C=O) groups is 2. The van der Waals surface area contributed by atoms with Crippen LogP contribution in [0.15, 0.2) is 47.3 Å². The Morgan fingerprint density at radius 2 is 1.90 bits per heavy atom. The van der Waals surface area contributed by atoms with Gasteiger partial charge in [-0.3, -0.25) is 19.0 Å². The predicted molar refractivity (Wildman–Crippen MR) is 112 cm³/mol. The average Bonchev–Trinajstić information content (AvgIpc) is 2.67. The molecule has 1 fully saturated rings. The molecule has 1 atom stereocenters. The lowest BCUT2D eigenvalue weighted by Crippen LogP contribution is -2.36. The molecule has 0 spiro atoms. The van der Waals surface area contributed by atoms with E-state index < -0.39 is 6.04 Å². The highest BCUT2D eigenvalue weighted by Gasteiger charge is 2.30. The number of nitrogens with one attached hydrogen (secondary N) is 1. The molecular formula is C23H23N3O3. The zero-order valence-corrected chi connectivity index (χ0v) is 16.6. The van der Waals surface area contributed by atoms with Crippen LogP contribution in [0.4, 0.5) is 5.69 Å². The first-order chi connectivity index (χ1) is 13.9. The minimum atomic E-state index is -0.623. The average molecular weight is 389 g/mol. The number of hydrogen-bond acceptors (Lipinski definition) is 5. The summed E-state index contributed by atoms with van der Waals surface area (Å²) in [5, 5.41) is 3.82. The van der Waals surface area contributed by atoms with Crippen molar-refractivity contribution in [3.63, 3.8) is 0 Å². The second-order valence-electron chi connectivity index (χ2n) is 7.61. The molecular weight excluding hydrogens is 366 g/mol. The number of aromatic nitrogens is 2. The maximum atomic E-state index is 13.4. The van der Waals surface area contributed by atoms with Gasteiger partial charge in [0.2, 0.25) is 0 Å². The van der Waals surface area contributed by atoms with Gasteiger partial charge in [-0.1, -0.05) is 35.9 Å². The quantitative estimate of drug-likeness (QED) is 0.691. The number of anilines is 1. The van der Waals surface area contributed by atoms with Crippen molar-refractivity contribution in [2.45, 2.75) is 45.7 Å². The fourth-order valence-electron chi connectivity index (χ4n) is 4.02. The molecule has 6 heteroatoms. The summed E-state index contributed by atoms with van der Waals surface area (Å²) in [7, 11) is 0. The number of rotatable bonds is 4. The molecule has 1 unspecified atom stereocenters. The van der Waals surface area contributed by atoms with Crippen LogP contribution in [0.5, 0.6) is 0 Å². The molecule has 1 aromatic heterocycles. The van der Waals surface area contributed by atoms with Crippen LogP contribution in [0.2, 0.25) is 0 Å². The molecule has 0 saturated heterocycles. The van der Waals surface area contributed by atoms with Crippen LogP contribution in [-0.4, -0.2) is 21.1 Å². The standard InChI is InChI=1S/C23H23N3O3/c1-14-5-3-6-16(11-14)13-24-18-7-4-8-19-22(18)23(29)26(15(2)25-19)20-10-9-17(27)12-21(20)28/h3-8,11,20,24H,9-10,12-13H2,1-2H3. The summed E-state index contributed by atoms with van der Waals surface area (Å²) in [6.07, 6.45) is 0.555. The van der Waals surface area contributed by atoms with Gasteiger partial charge < -0.3 is 5.32 Å². The number of nitrogens with zero attached hydrogens (tertiary/aromatic N) is 2. The van der Waals surface area contributed by atoms with Crippen LogP contribution in [0, 0.1) is 13.8 Å².